The molecule has 0 heterocycles. The van der Waals surface area contributed by atoms with Gasteiger partial charge >= 0.3 is 6.09 Å². The highest BCUT2D eigenvalue weighted by Crippen LogP contribution is 2.10. The van der Waals surface area contributed by atoms with Crippen LogP contribution in [0, 0.1) is 5.92 Å². The second kappa shape index (κ2) is 6.70. The van der Waals surface area contributed by atoms with Crippen LogP contribution in [0.15, 0.2) is 0 Å². The summed E-state index contributed by atoms with van der Waals surface area (Å²) in [6.07, 6.45) is 3.11. The Morgan fingerprint density at radius 3 is 2.33 bits per heavy atom. The monoisotopic (exact) mass is 215 g/mol. The van der Waals surface area contributed by atoms with E-state index in [1.165, 1.54) is 0 Å². The normalized spacial score (nSPS) is 13.4. The van der Waals surface area contributed by atoms with Crippen LogP contribution >= 0.6 is 0 Å². The van der Waals surface area contributed by atoms with Gasteiger partial charge in [-0.25, -0.2) is 4.79 Å². The van der Waals surface area contributed by atoms with Gasteiger partial charge in [-0.1, -0.05) is 26.7 Å². The fourth-order valence-corrected chi connectivity index (χ4v) is 1.40. The van der Waals surface area contributed by atoms with Gasteiger partial charge in [0.05, 0.1) is 0 Å². The number of carbonyl (C=O) groups is 1. The molecule has 0 aromatic rings. The number of carbonyl (C=O) groups excluding carboxylic acids is 1. The summed E-state index contributed by atoms with van der Waals surface area (Å²) in [5, 5.41) is 2.81. The summed E-state index contributed by atoms with van der Waals surface area (Å²) < 4.78 is 5.16. The van der Waals surface area contributed by atoms with Crippen LogP contribution < -0.4 is 5.32 Å². The Morgan fingerprint density at radius 2 is 1.93 bits per heavy atom. The molecule has 0 bridgehead atoms. The molecule has 90 valence electrons. The smallest absolute Gasteiger partial charge is 0.407 e. The second-order valence-corrected chi connectivity index (χ2v) is 4.95. The molecule has 0 aromatic carbocycles. The van der Waals surface area contributed by atoms with Crippen LogP contribution in [-0.4, -0.2) is 18.2 Å². The Hall–Kier alpha value is -0.730. The van der Waals surface area contributed by atoms with Crippen molar-refractivity contribution in [2.24, 2.45) is 5.92 Å². The molecule has 1 atom stereocenters. The predicted molar refractivity (Wildman–Crippen MR) is 62.9 cm³/mol. The molecule has 1 amide bonds. The van der Waals surface area contributed by atoms with Crippen LogP contribution in [0.2, 0.25) is 0 Å². The lowest BCUT2D eigenvalue weighted by Gasteiger charge is -2.21. The van der Waals surface area contributed by atoms with Crippen LogP contribution in [0.4, 0.5) is 4.79 Å². The average Bonchev–Trinajstić information content (AvgIpc) is 2.09. The van der Waals surface area contributed by atoms with Gasteiger partial charge in [0.1, 0.15) is 5.60 Å². The van der Waals surface area contributed by atoms with Gasteiger partial charge in [-0.15, -0.1) is 0 Å². The SMILES string of the molecule is CCCC(CC)CNC(=O)OC(C)(C)C. The van der Waals surface area contributed by atoms with E-state index in [-0.39, 0.29) is 6.09 Å². The van der Waals surface area contributed by atoms with Crippen molar-refractivity contribution in [1.82, 2.24) is 5.32 Å². The van der Waals surface area contributed by atoms with Crippen LogP contribution in [-0.2, 0) is 4.74 Å². The van der Waals surface area contributed by atoms with Crippen LogP contribution in [0.25, 0.3) is 0 Å². The number of amides is 1. The first kappa shape index (κ1) is 14.3. The Bertz CT molecular complexity index is 185. The molecule has 0 fully saturated rings. The maximum atomic E-state index is 11.3. The third-order valence-corrected chi connectivity index (χ3v) is 2.21. The Morgan fingerprint density at radius 1 is 1.33 bits per heavy atom. The number of alkyl carbamates (subject to hydrolysis) is 1. The van der Waals surface area contributed by atoms with Gasteiger partial charge in [-0.2, -0.15) is 0 Å². The lowest BCUT2D eigenvalue weighted by molar-refractivity contribution is 0.0518. The van der Waals surface area contributed by atoms with Crippen molar-refractivity contribution >= 4 is 6.09 Å². The molecule has 0 aliphatic heterocycles. The van der Waals surface area contributed by atoms with Crippen LogP contribution in [0.5, 0.6) is 0 Å². The molecule has 0 saturated heterocycles. The minimum Gasteiger partial charge on any atom is -0.444 e. The summed E-state index contributed by atoms with van der Waals surface area (Å²) in [6, 6.07) is 0. The number of hydrogen-bond acceptors (Lipinski definition) is 2. The van der Waals surface area contributed by atoms with Crippen molar-refractivity contribution in [1.29, 1.82) is 0 Å². The quantitative estimate of drug-likeness (QED) is 0.764. The van der Waals surface area contributed by atoms with E-state index in [1.807, 2.05) is 20.8 Å². The molecule has 0 rings (SSSR count). The first-order valence-electron chi connectivity index (χ1n) is 5.85. The summed E-state index contributed by atoms with van der Waals surface area (Å²) in [6.45, 7) is 10.6. The largest absolute Gasteiger partial charge is 0.444 e. The molecule has 0 aromatic heterocycles. The van der Waals surface area contributed by atoms with Crippen LogP contribution in [0.1, 0.15) is 53.9 Å². The molecule has 1 N–H and O–H groups in total. The molecule has 0 aliphatic carbocycles. The topological polar surface area (TPSA) is 38.3 Å². The fraction of sp³-hybridized carbons (Fsp3) is 0.917. The van der Waals surface area contributed by atoms with Gasteiger partial charge in [0.2, 0.25) is 0 Å². The molecule has 0 saturated carbocycles. The van der Waals surface area contributed by atoms with Crippen LogP contribution in [0.3, 0.4) is 0 Å². The van der Waals surface area contributed by atoms with E-state index >= 15 is 0 Å². The number of rotatable bonds is 5. The first-order valence-corrected chi connectivity index (χ1v) is 5.85. The Kier molecular flexibility index (Phi) is 6.37. The van der Waals surface area contributed by atoms with Gasteiger partial charge in [0, 0.05) is 6.54 Å². The molecule has 0 aliphatic rings. The molecule has 0 radical (unpaired) electrons. The lowest BCUT2D eigenvalue weighted by Crippen LogP contribution is -2.35. The molecule has 15 heavy (non-hydrogen) atoms. The van der Waals surface area contributed by atoms with E-state index in [0.717, 1.165) is 25.8 Å². The average molecular weight is 215 g/mol. The van der Waals surface area contributed by atoms with Crippen molar-refractivity contribution in [2.45, 2.75) is 59.5 Å². The van der Waals surface area contributed by atoms with Crippen molar-refractivity contribution in [3.8, 4) is 0 Å². The summed E-state index contributed by atoms with van der Waals surface area (Å²) in [5.74, 6) is 0.572. The van der Waals surface area contributed by atoms with E-state index in [1.54, 1.807) is 0 Å². The zero-order valence-electron chi connectivity index (χ0n) is 10.7. The van der Waals surface area contributed by atoms with E-state index in [2.05, 4.69) is 19.2 Å². The highest BCUT2D eigenvalue weighted by Gasteiger charge is 2.16. The summed E-state index contributed by atoms with van der Waals surface area (Å²) in [7, 11) is 0. The van der Waals surface area contributed by atoms with Gasteiger partial charge in [0.25, 0.3) is 0 Å². The number of nitrogens with one attached hydrogen (secondary N) is 1. The molecular formula is C12H25NO2. The van der Waals surface area contributed by atoms with Crippen molar-refractivity contribution in [2.75, 3.05) is 6.54 Å². The van der Waals surface area contributed by atoms with E-state index in [9.17, 15) is 4.79 Å². The van der Waals surface area contributed by atoms with Gasteiger partial charge in [-0.05, 0) is 33.1 Å². The van der Waals surface area contributed by atoms with E-state index in [0.29, 0.717) is 5.92 Å². The third-order valence-electron chi connectivity index (χ3n) is 2.21. The molecular weight excluding hydrogens is 190 g/mol. The van der Waals surface area contributed by atoms with Crippen molar-refractivity contribution < 1.29 is 9.53 Å². The number of ether oxygens (including phenoxy) is 1. The summed E-state index contributed by atoms with van der Waals surface area (Å²) in [4.78, 5) is 11.3. The highest BCUT2D eigenvalue weighted by molar-refractivity contribution is 5.67. The highest BCUT2D eigenvalue weighted by atomic mass is 16.6. The molecule has 1 unspecified atom stereocenters. The minimum absolute atomic E-state index is 0.308. The second-order valence-electron chi connectivity index (χ2n) is 4.95. The van der Waals surface area contributed by atoms with Crippen molar-refractivity contribution in [3.05, 3.63) is 0 Å². The minimum atomic E-state index is -0.406. The van der Waals surface area contributed by atoms with Gasteiger partial charge < -0.3 is 10.1 Å². The van der Waals surface area contributed by atoms with Gasteiger partial charge in [0.15, 0.2) is 0 Å². The maximum absolute atomic E-state index is 11.3. The summed E-state index contributed by atoms with van der Waals surface area (Å²) in [5.41, 5.74) is -0.406. The Balaban J connectivity index is 3.78. The first-order chi connectivity index (χ1) is 6.89. The van der Waals surface area contributed by atoms with E-state index < -0.39 is 5.60 Å². The van der Waals surface area contributed by atoms with Crippen molar-refractivity contribution in [3.63, 3.8) is 0 Å². The number of hydrogen-bond donors (Lipinski definition) is 1. The van der Waals surface area contributed by atoms with E-state index in [4.69, 9.17) is 4.74 Å². The lowest BCUT2D eigenvalue weighted by atomic mass is 10.0. The standard InChI is InChI=1S/C12H25NO2/c1-6-8-10(7-2)9-13-11(14)15-12(3,4)5/h10H,6-9H2,1-5H3,(H,13,14). The molecule has 3 nitrogen and oxygen atoms in total. The fourth-order valence-electron chi connectivity index (χ4n) is 1.40. The zero-order valence-corrected chi connectivity index (χ0v) is 10.7. The third kappa shape index (κ3) is 8.28. The van der Waals surface area contributed by atoms with Gasteiger partial charge in [-0.3, -0.25) is 0 Å². The Labute approximate surface area is 93.6 Å². The summed E-state index contributed by atoms with van der Waals surface area (Å²) >= 11 is 0. The zero-order chi connectivity index (χ0) is 11.9. The molecule has 0 spiro atoms. The predicted octanol–water partition coefficient (Wildman–Crippen LogP) is 3.34. The maximum Gasteiger partial charge on any atom is 0.407 e. The molecule has 3 heteroatoms.